The molecule has 2 atom stereocenters. The van der Waals surface area contributed by atoms with Crippen molar-refractivity contribution in [1.82, 2.24) is 10.3 Å². The highest BCUT2D eigenvalue weighted by Crippen LogP contribution is 2.15. The Labute approximate surface area is 137 Å². The van der Waals surface area contributed by atoms with Gasteiger partial charge in [-0.05, 0) is 45.2 Å². The minimum Gasteiger partial charge on any atom is -0.464 e. The Morgan fingerprint density at radius 2 is 1.96 bits per heavy atom. The van der Waals surface area contributed by atoms with Gasteiger partial charge in [0.2, 0.25) is 0 Å². The van der Waals surface area contributed by atoms with Gasteiger partial charge in [0, 0.05) is 5.69 Å². The first-order valence-corrected chi connectivity index (χ1v) is 7.90. The van der Waals surface area contributed by atoms with Gasteiger partial charge in [-0.2, -0.15) is 0 Å². The highest BCUT2D eigenvalue weighted by molar-refractivity contribution is 5.81. The summed E-state index contributed by atoms with van der Waals surface area (Å²) in [5, 5.41) is 2.58. The van der Waals surface area contributed by atoms with Crippen molar-refractivity contribution in [2.45, 2.75) is 53.2 Å². The number of amides is 1. The first-order chi connectivity index (χ1) is 10.8. The molecule has 6 nitrogen and oxygen atoms in total. The Morgan fingerprint density at radius 3 is 2.52 bits per heavy atom. The lowest BCUT2D eigenvalue weighted by Gasteiger charge is -2.20. The van der Waals surface area contributed by atoms with Crippen molar-refractivity contribution in [3.63, 3.8) is 0 Å². The molecule has 1 heterocycles. The van der Waals surface area contributed by atoms with Gasteiger partial charge in [-0.25, -0.2) is 9.59 Å². The van der Waals surface area contributed by atoms with E-state index >= 15 is 0 Å². The summed E-state index contributed by atoms with van der Waals surface area (Å²) in [4.78, 5) is 28.3. The fourth-order valence-electron chi connectivity index (χ4n) is 2.12. The quantitative estimate of drug-likeness (QED) is 0.780. The van der Waals surface area contributed by atoms with Crippen LogP contribution in [0.4, 0.5) is 4.79 Å². The lowest BCUT2D eigenvalue weighted by Crippen LogP contribution is -2.43. The van der Waals surface area contributed by atoms with Gasteiger partial charge in [0.1, 0.15) is 12.1 Å². The maximum atomic E-state index is 12.0. The summed E-state index contributed by atoms with van der Waals surface area (Å²) in [7, 11) is 0. The van der Waals surface area contributed by atoms with E-state index in [9.17, 15) is 9.59 Å². The molecule has 0 fully saturated rings. The maximum Gasteiger partial charge on any atom is 0.408 e. The highest BCUT2D eigenvalue weighted by atomic mass is 16.6. The molecule has 0 saturated carbocycles. The second kappa shape index (κ2) is 9.12. The molecule has 0 aliphatic heterocycles. The van der Waals surface area contributed by atoms with Crippen molar-refractivity contribution in [2.24, 2.45) is 5.92 Å². The SMILES string of the molecule is CCOC(=O)[C@H](CC(C)C)NC(=O)OC(C)c1cccc(C)n1. The average Bonchev–Trinajstić information content (AvgIpc) is 2.46. The number of esters is 1. The van der Waals surface area contributed by atoms with E-state index in [4.69, 9.17) is 9.47 Å². The Morgan fingerprint density at radius 1 is 1.26 bits per heavy atom. The largest absolute Gasteiger partial charge is 0.464 e. The number of hydrogen-bond acceptors (Lipinski definition) is 5. The number of carbonyl (C=O) groups is 2. The van der Waals surface area contributed by atoms with Gasteiger partial charge < -0.3 is 14.8 Å². The number of nitrogens with zero attached hydrogens (tertiary/aromatic N) is 1. The predicted molar refractivity (Wildman–Crippen MR) is 86.9 cm³/mol. The number of aromatic nitrogens is 1. The fourth-order valence-corrected chi connectivity index (χ4v) is 2.12. The van der Waals surface area contributed by atoms with E-state index in [0.29, 0.717) is 12.1 Å². The lowest BCUT2D eigenvalue weighted by molar-refractivity contribution is -0.146. The molecule has 0 aliphatic carbocycles. The third kappa shape index (κ3) is 6.67. The van der Waals surface area contributed by atoms with Crippen LogP contribution in [0.3, 0.4) is 0 Å². The van der Waals surface area contributed by atoms with E-state index in [1.807, 2.05) is 32.9 Å². The number of hydrogen-bond donors (Lipinski definition) is 1. The second-order valence-electron chi connectivity index (χ2n) is 5.83. The molecule has 0 bridgehead atoms. The molecule has 23 heavy (non-hydrogen) atoms. The van der Waals surface area contributed by atoms with Crippen LogP contribution in [0, 0.1) is 12.8 Å². The van der Waals surface area contributed by atoms with Crippen LogP contribution < -0.4 is 5.32 Å². The molecule has 1 aromatic rings. The summed E-state index contributed by atoms with van der Waals surface area (Å²) in [6, 6.07) is 4.81. The predicted octanol–water partition coefficient (Wildman–Crippen LogP) is 3.16. The molecular formula is C17H26N2O4. The molecule has 0 saturated heterocycles. The number of rotatable bonds is 7. The zero-order chi connectivity index (χ0) is 17.4. The van der Waals surface area contributed by atoms with Gasteiger partial charge in [-0.3, -0.25) is 4.98 Å². The number of pyridine rings is 1. The van der Waals surface area contributed by atoms with Crippen molar-refractivity contribution in [3.05, 3.63) is 29.6 Å². The average molecular weight is 322 g/mol. The molecule has 6 heteroatoms. The normalized spacial score (nSPS) is 13.3. The number of alkyl carbamates (subject to hydrolysis) is 1. The van der Waals surface area contributed by atoms with E-state index in [1.54, 1.807) is 19.9 Å². The number of ether oxygens (including phenoxy) is 2. The van der Waals surface area contributed by atoms with Crippen LogP contribution in [-0.2, 0) is 14.3 Å². The van der Waals surface area contributed by atoms with E-state index in [2.05, 4.69) is 10.3 Å². The number of nitrogens with one attached hydrogen (secondary N) is 1. The first kappa shape index (κ1) is 18.9. The molecule has 1 unspecified atom stereocenters. The smallest absolute Gasteiger partial charge is 0.408 e. The van der Waals surface area contributed by atoms with Crippen molar-refractivity contribution >= 4 is 12.1 Å². The first-order valence-electron chi connectivity index (χ1n) is 7.90. The standard InChI is InChI=1S/C17H26N2O4/c1-6-22-16(20)15(10-11(2)3)19-17(21)23-13(5)14-9-7-8-12(4)18-14/h7-9,11,13,15H,6,10H2,1-5H3,(H,19,21)/t13?,15-/m0/s1. The Bertz CT molecular complexity index is 531. The molecule has 128 valence electrons. The summed E-state index contributed by atoms with van der Waals surface area (Å²) in [6.45, 7) is 9.55. The molecular weight excluding hydrogens is 296 g/mol. The molecule has 0 spiro atoms. The van der Waals surface area contributed by atoms with Gasteiger partial charge in [0.25, 0.3) is 0 Å². The van der Waals surface area contributed by atoms with Gasteiger partial charge >= 0.3 is 12.1 Å². The second-order valence-corrected chi connectivity index (χ2v) is 5.83. The van der Waals surface area contributed by atoms with Gasteiger partial charge in [0.05, 0.1) is 12.3 Å². The highest BCUT2D eigenvalue weighted by Gasteiger charge is 2.25. The molecule has 1 N–H and O–H groups in total. The Kier molecular flexibility index (Phi) is 7.51. The number of aryl methyl sites for hydroxylation is 1. The molecule has 1 rings (SSSR count). The summed E-state index contributed by atoms with van der Waals surface area (Å²) >= 11 is 0. The van der Waals surface area contributed by atoms with Crippen molar-refractivity contribution in [1.29, 1.82) is 0 Å². The van der Waals surface area contributed by atoms with Crippen LogP contribution in [0.5, 0.6) is 0 Å². The van der Waals surface area contributed by atoms with Crippen LogP contribution in [0.1, 0.15) is 51.6 Å². The zero-order valence-electron chi connectivity index (χ0n) is 14.5. The summed E-state index contributed by atoms with van der Waals surface area (Å²) in [5.74, 6) is -0.208. The molecule has 0 aliphatic rings. The zero-order valence-corrected chi connectivity index (χ0v) is 14.5. The molecule has 0 aromatic carbocycles. The van der Waals surface area contributed by atoms with Crippen LogP contribution in [0.2, 0.25) is 0 Å². The van der Waals surface area contributed by atoms with Crippen molar-refractivity contribution in [3.8, 4) is 0 Å². The van der Waals surface area contributed by atoms with Gasteiger partial charge in [-0.15, -0.1) is 0 Å². The summed E-state index contributed by atoms with van der Waals surface area (Å²) in [5.41, 5.74) is 1.51. The maximum absolute atomic E-state index is 12.0. The van der Waals surface area contributed by atoms with E-state index in [1.165, 1.54) is 0 Å². The van der Waals surface area contributed by atoms with E-state index in [0.717, 1.165) is 5.69 Å². The molecule has 1 aromatic heterocycles. The third-order valence-corrected chi connectivity index (χ3v) is 3.18. The van der Waals surface area contributed by atoms with E-state index in [-0.39, 0.29) is 12.5 Å². The Balaban J connectivity index is 2.65. The van der Waals surface area contributed by atoms with Gasteiger partial charge in [0.15, 0.2) is 0 Å². The fraction of sp³-hybridized carbons (Fsp3) is 0.588. The minimum absolute atomic E-state index is 0.237. The van der Waals surface area contributed by atoms with Crippen molar-refractivity contribution in [2.75, 3.05) is 6.61 Å². The summed E-state index contributed by atoms with van der Waals surface area (Å²) < 4.78 is 10.3. The molecule has 0 radical (unpaired) electrons. The number of carbonyl (C=O) groups excluding carboxylic acids is 2. The van der Waals surface area contributed by atoms with Crippen LogP contribution >= 0.6 is 0 Å². The van der Waals surface area contributed by atoms with E-state index < -0.39 is 24.2 Å². The lowest BCUT2D eigenvalue weighted by atomic mass is 10.0. The van der Waals surface area contributed by atoms with Crippen molar-refractivity contribution < 1.29 is 19.1 Å². The van der Waals surface area contributed by atoms with Crippen LogP contribution in [0.25, 0.3) is 0 Å². The van der Waals surface area contributed by atoms with Crippen LogP contribution in [0.15, 0.2) is 18.2 Å². The third-order valence-electron chi connectivity index (χ3n) is 3.18. The topological polar surface area (TPSA) is 77.5 Å². The monoisotopic (exact) mass is 322 g/mol. The Hall–Kier alpha value is -2.11. The van der Waals surface area contributed by atoms with Gasteiger partial charge in [-0.1, -0.05) is 19.9 Å². The molecule has 1 amide bonds. The minimum atomic E-state index is -0.708. The summed E-state index contributed by atoms with van der Waals surface area (Å²) in [6.07, 6.45) is -0.665. The van der Waals surface area contributed by atoms with Crippen LogP contribution in [-0.4, -0.2) is 29.7 Å².